The van der Waals surface area contributed by atoms with Crippen LogP contribution < -0.4 is 10.6 Å². The molecule has 0 saturated carbocycles. The maximum Gasteiger partial charge on any atom is 0.305 e. The molecule has 1 aliphatic rings. The molecule has 1 unspecified atom stereocenters. The number of rotatable bonds is 4. The van der Waals surface area contributed by atoms with Crippen LogP contribution in [-0.2, 0) is 4.79 Å². The number of amides is 1. The fourth-order valence-corrected chi connectivity index (χ4v) is 1.55. The van der Waals surface area contributed by atoms with Crippen LogP contribution in [0.1, 0.15) is 12.8 Å². The fourth-order valence-electron chi connectivity index (χ4n) is 1.55. The number of nitrogens with one attached hydrogen (secondary N) is 2. The number of hydrogen-bond donors (Lipinski definition) is 2. The van der Waals surface area contributed by atoms with Crippen molar-refractivity contribution in [1.29, 1.82) is 0 Å². The summed E-state index contributed by atoms with van der Waals surface area (Å²) in [5.74, 6) is 0.359. The van der Waals surface area contributed by atoms with Crippen LogP contribution in [0.3, 0.4) is 0 Å². The van der Waals surface area contributed by atoms with Crippen molar-refractivity contribution in [2.75, 3.05) is 11.9 Å². The van der Waals surface area contributed by atoms with Crippen molar-refractivity contribution in [2.45, 2.75) is 18.9 Å². The molecule has 1 aliphatic heterocycles. The second-order valence-electron chi connectivity index (χ2n) is 3.71. The van der Waals surface area contributed by atoms with Gasteiger partial charge >= 0.3 is 5.69 Å². The van der Waals surface area contributed by atoms with Gasteiger partial charge in [-0.05, 0) is 6.42 Å². The minimum Gasteiger partial charge on any atom is -0.352 e. The van der Waals surface area contributed by atoms with Gasteiger partial charge in [0.2, 0.25) is 11.9 Å². The van der Waals surface area contributed by atoms with E-state index in [0.717, 1.165) is 18.8 Å². The van der Waals surface area contributed by atoms with E-state index in [2.05, 4.69) is 20.6 Å². The summed E-state index contributed by atoms with van der Waals surface area (Å²) in [6.45, 7) is 0.517. The maximum absolute atomic E-state index is 10.9. The topological polar surface area (TPSA) is 110 Å². The zero-order valence-corrected chi connectivity index (χ0v) is 8.92. The molecule has 1 saturated heterocycles. The largest absolute Gasteiger partial charge is 0.352 e. The number of carbonyl (C=O) groups is 1. The first kappa shape index (κ1) is 11.2. The number of nitrogens with zero attached hydrogens (tertiary/aromatic N) is 3. The first-order chi connectivity index (χ1) is 8.15. The van der Waals surface area contributed by atoms with Gasteiger partial charge in [0.25, 0.3) is 0 Å². The normalized spacial score (nSPS) is 18.8. The smallest absolute Gasteiger partial charge is 0.305 e. The van der Waals surface area contributed by atoms with E-state index in [0.29, 0.717) is 18.9 Å². The van der Waals surface area contributed by atoms with Crippen LogP contribution in [0.4, 0.5) is 11.6 Å². The fraction of sp³-hybridized carbons (Fsp3) is 0.444. The number of anilines is 1. The highest BCUT2D eigenvalue weighted by atomic mass is 16.6. The zero-order valence-electron chi connectivity index (χ0n) is 8.92. The van der Waals surface area contributed by atoms with Gasteiger partial charge in [0.15, 0.2) is 0 Å². The molecule has 1 aromatic heterocycles. The van der Waals surface area contributed by atoms with E-state index in [1.807, 2.05) is 0 Å². The lowest BCUT2D eigenvalue weighted by molar-refractivity contribution is -0.385. The van der Waals surface area contributed by atoms with Crippen LogP contribution in [-0.4, -0.2) is 33.4 Å². The van der Waals surface area contributed by atoms with Gasteiger partial charge < -0.3 is 10.6 Å². The van der Waals surface area contributed by atoms with Gasteiger partial charge in [0.05, 0.1) is 4.92 Å². The van der Waals surface area contributed by atoms with Crippen molar-refractivity contribution in [3.8, 4) is 0 Å². The Balaban J connectivity index is 1.87. The molecule has 1 aromatic rings. The van der Waals surface area contributed by atoms with Crippen molar-refractivity contribution in [2.24, 2.45) is 0 Å². The molecule has 17 heavy (non-hydrogen) atoms. The molecule has 2 rings (SSSR count). The molecule has 2 heterocycles. The van der Waals surface area contributed by atoms with Gasteiger partial charge in [-0.1, -0.05) is 0 Å². The number of aromatic nitrogens is 2. The third kappa shape index (κ3) is 2.86. The molecular formula is C9H11N5O3. The highest BCUT2D eigenvalue weighted by Crippen LogP contribution is 2.10. The number of carbonyl (C=O) groups excluding carboxylic acids is 1. The van der Waals surface area contributed by atoms with E-state index >= 15 is 0 Å². The molecule has 90 valence electrons. The van der Waals surface area contributed by atoms with E-state index in [4.69, 9.17) is 0 Å². The Morgan fingerprint density at radius 3 is 2.76 bits per heavy atom. The third-order valence-electron chi connectivity index (χ3n) is 2.44. The summed E-state index contributed by atoms with van der Waals surface area (Å²) in [4.78, 5) is 28.4. The van der Waals surface area contributed by atoms with Crippen molar-refractivity contribution in [3.63, 3.8) is 0 Å². The van der Waals surface area contributed by atoms with Crippen LogP contribution in [0.15, 0.2) is 12.4 Å². The van der Waals surface area contributed by atoms with Crippen LogP contribution in [0.25, 0.3) is 0 Å². The van der Waals surface area contributed by atoms with Crippen molar-refractivity contribution < 1.29 is 9.72 Å². The SMILES string of the molecule is O=C1CCC(CNc2ncc([N+](=O)[O-])cn2)N1. The van der Waals surface area contributed by atoms with Gasteiger partial charge in [-0.2, -0.15) is 0 Å². The Morgan fingerprint density at radius 1 is 1.53 bits per heavy atom. The summed E-state index contributed by atoms with van der Waals surface area (Å²) in [5.41, 5.74) is -0.148. The van der Waals surface area contributed by atoms with Crippen LogP contribution in [0, 0.1) is 10.1 Å². The number of nitro groups is 1. The van der Waals surface area contributed by atoms with Crippen LogP contribution in [0.5, 0.6) is 0 Å². The molecular weight excluding hydrogens is 226 g/mol. The summed E-state index contributed by atoms with van der Waals surface area (Å²) in [6, 6.07) is 0.0706. The Kier molecular flexibility index (Phi) is 3.12. The number of hydrogen-bond acceptors (Lipinski definition) is 6. The summed E-state index contributed by atoms with van der Waals surface area (Å²) >= 11 is 0. The van der Waals surface area contributed by atoms with Gasteiger partial charge in [-0.3, -0.25) is 14.9 Å². The Hall–Kier alpha value is -2.25. The molecule has 8 nitrogen and oxygen atoms in total. The average molecular weight is 237 g/mol. The monoisotopic (exact) mass is 237 g/mol. The second kappa shape index (κ2) is 4.73. The van der Waals surface area contributed by atoms with E-state index in [1.165, 1.54) is 0 Å². The van der Waals surface area contributed by atoms with E-state index in [-0.39, 0.29) is 17.6 Å². The summed E-state index contributed by atoms with van der Waals surface area (Å²) in [6.07, 6.45) is 3.59. The molecule has 1 amide bonds. The van der Waals surface area contributed by atoms with Gasteiger partial charge in [-0.25, -0.2) is 9.97 Å². The molecule has 2 N–H and O–H groups in total. The minimum absolute atomic E-state index is 0.0430. The lowest BCUT2D eigenvalue weighted by Gasteiger charge is -2.10. The molecule has 8 heteroatoms. The molecule has 0 bridgehead atoms. The Labute approximate surface area is 96.6 Å². The molecule has 1 atom stereocenters. The summed E-state index contributed by atoms with van der Waals surface area (Å²) in [7, 11) is 0. The predicted molar refractivity (Wildman–Crippen MR) is 58.3 cm³/mol. The lowest BCUT2D eigenvalue weighted by atomic mass is 10.2. The molecule has 0 spiro atoms. The quantitative estimate of drug-likeness (QED) is 0.566. The van der Waals surface area contributed by atoms with E-state index in [9.17, 15) is 14.9 Å². The van der Waals surface area contributed by atoms with Gasteiger partial charge in [-0.15, -0.1) is 0 Å². The van der Waals surface area contributed by atoms with Gasteiger partial charge in [0, 0.05) is 19.0 Å². The minimum atomic E-state index is -0.555. The van der Waals surface area contributed by atoms with E-state index in [1.54, 1.807) is 0 Å². The van der Waals surface area contributed by atoms with Gasteiger partial charge in [0.1, 0.15) is 12.4 Å². The highest BCUT2D eigenvalue weighted by Gasteiger charge is 2.20. The van der Waals surface area contributed by atoms with Crippen LogP contribution >= 0.6 is 0 Å². The van der Waals surface area contributed by atoms with Crippen molar-refractivity contribution in [3.05, 3.63) is 22.5 Å². The summed E-state index contributed by atoms with van der Waals surface area (Å²) < 4.78 is 0. The summed E-state index contributed by atoms with van der Waals surface area (Å²) in [5, 5.41) is 16.1. The Morgan fingerprint density at radius 2 is 2.24 bits per heavy atom. The molecule has 1 fully saturated rings. The molecule has 0 radical (unpaired) electrons. The predicted octanol–water partition coefficient (Wildman–Crippen LogP) is 0.0753. The first-order valence-corrected chi connectivity index (χ1v) is 5.15. The lowest BCUT2D eigenvalue weighted by Crippen LogP contribution is -2.32. The molecule has 0 aliphatic carbocycles. The zero-order chi connectivity index (χ0) is 12.3. The van der Waals surface area contributed by atoms with Crippen molar-refractivity contribution >= 4 is 17.5 Å². The van der Waals surface area contributed by atoms with Crippen LogP contribution in [0.2, 0.25) is 0 Å². The second-order valence-corrected chi connectivity index (χ2v) is 3.71. The molecule has 0 aromatic carbocycles. The first-order valence-electron chi connectivity index (χ1n) is 5.15. The van der Waals surface area contributed by atoms with E-state index < -0.39 is 4.92 Å². The average Bonchev–Trinajstić information content (AvgIpc) is 2.73. The standard InChI is InChI=1S/C9H11N5O3/c15-8-2-1-6(13-8)3-10-9-11-4-7(5-12-9)14(16)17/h4-6H,1-3H2,(H,13,15)(H,10,11,12). The highest BCUT2D eigenvalue weighted by molar-refractivity contribution is 5.78. The maximum atomic E-state index is 10.9. The van der Waals surface area contributed by atoms with Crippen molar-refractivity contribution in [1.82, 2.24) is 15.3 Å². The Bertz CT molecular complexity index is 433. The third-order valence-corrected chi connectivity index (χ3v) is 2.44.